The third kappa shape index (κ3) is 56.4. The fourth-order valence-electron chi connectivity index (χ4n) is 13.2. The second-order valence-corrected chi connectivity index (χ2v) is 29.6. The van der Waals surface area contributed by atoms with E-state index in [2.05, 4.69) is 52.0 Å². The van der Waals surface area contributed by atoms with Crippen LogP contribution in [-0.4, -0.2) is 95.4 Å². The molecule has 5 unspecified atom stereocenters. The maximum absolute atomic E-state index is 14.5. The zero-order valence-corrected chi connectivity index (χ0v) is 65.1. The topological polar surface area (TPSA) is 209 Å². The summed E-state index contributed by atoms with van der Waals surface area (Å²) in [6.07, 6.45) is 67.4. The highest BCUT2D eigenvalue weighted by molar-refractivity contribution is 5.93. The van der Waals surface area contributed by atoms with Gasteiger partial charge in [-0.25, -0.2) is 9.59 Å². The second kappa shape index (κ2) is 69.9. The number of aliphatic hydroxyl groups is 2. The monoisotopic (exact) mass is 1400 g/mol. The molecule has 580 valence electrons. The average molecular weight is 1400 g/mol. The number of allylic oxidation sites excluding steroid dienone is 4. The Balaban J connectivity index is 6.04. The Kier molecular flexibility index (Phi) is 67.2. The van der Waals surface area contributed by atoms with Crippen LogP contribution in [0.5, 0.6) is 0 Å². The third-order valence-electron chi connectivity index (χ3n) is 20.0. The molecule has 0 bridgehead atoms. The van der Waals surface area contributed by atoms with Gasteiger partial charge in [-0.15, -0.1) is 0 Å². The zero-order valence-electron chi connectivity index (χ0n) is 65.1. The van der Waals surface area contributed by atoms with Crippen LogP contribution in [0.4, 0.5) is 0 Å². The summed E-state index contributed by atoms with van der Waals surface area (Å²) >= 11 is 0. The molecule has 0 saturated carbocycles. The van der Waals surface area contributed by atoms with Crippen molar-refractivity contribution in [3.63, 3.8) is 0 Å². The van der Waals surface area contributed by atoms with Gasteiger partial charge in [0.05, 0.1) is 57.2 Å². The van der Waals surface area contributed by atoms with Gasteiger partial charge in [0.2, 0.25) is 5.60 Å². The van der Waals surface area contributed by atoms with E-state index in [0.717, 1.165) is 141 Å². The van der Waals surface area contributed by atoms with Crippen molar-refractivity contribution in [1.29, 1.82) is 0 Å². The molecule has 0 aliphatic rings. The number of aliphatic carboxylic acids is 1. The first-order valence-electron chi connectivity index (χ1n) is 41.9. The first kappa shape index (κ1) is 95.2. The summed E-state index contributed by atoms with van der Waals surface area (Å²) in [7, 11) is 0. The minimum absolute atomic E-state index is 0.000525. The number of esters is 5. The fraction of sp³-hybridized carbons (Fsp3) is 0.882. The molecule has 0 aromatic carbocycles. The Morgan fingerprint density at radius 2 is 0.636 bits per heavy atom. The van der Waals surface area contributed by atoms with Crippen molar-refractivity contribution in [3.05, 3.63) is 24.3 Å². The molecule has 0 saturated heterocycles. The van der Waals surface area contributed by atoms with Crippen LogP contribution in [0.25, 0.3) is 0 Å². The Labute approximate surface area is 607 Å². The SMILES string of the molecule is CCCCCCCC/C=C/CCCCCCCCOC(=O)CC(O)(C(=O)OCCCCCCCC/C=C/CCCCCCCC)C(O)C(=O)OCC(C)C(CC(=O)O)(CC(=O)OC(C)CCCCCCCCCCCCCCCC)C(=O)OCCCCCCCCCCCCCCCC. The van der Waals surface area contributed by atoms with E-state index in [0.29, 0.717) is 25.7 Å². The number of carbonyl (C=O) groups is 6. The van der Waals surface area contributed by atoms with Crippen molar-refractivity contribution in [3.8, 4) is 0 Å². The summed E-state index contributed by atoms with van der Waals surface area (Å²) in [5.74, 6) is -8.36. The van der Waals surface area contributed by atoms with Gasteiger partial charge in [0.1, 0.15) is 0 Å². The molecule has 0 aliphatic heterocycles. The smallest absolute Gasteiger partial charge is 0.342 e. The van der Waals surface area contributed by atoms with Crippen molar-refractivity contribution in [2.45, 2.75) is 445 Å². The lowest BCUT2D eigenvalue weighted by molar-refractivity contribution is -0.196. The molecule has 0 aromatic rings. The van der Waals surface area contributed by atoms with Crippen LogP contribution in [0.15, 0.2) is 24.3 Å². The summed E-state index contributed by atoms with van der Waals surface area (Å²) in [6.45, 7) is 11.3. The molecule has 0 aliphatic carbocycles. The predicted molar refractivity (Wildman–Crippen MR) is 408 cm³/mol. The Bertz CT molecular complexity index is 1950. The number of carboxylic acid groups (broad SMARTS) is 1. The van der Waals surface area contributed by atoms with Crippen molar-refractivity contribution in [1.82, 2.24) is 0 Å². The van der Waals surface area contributed by atoms with Crippen LogP contribution in [-0.2, 0) is 52.5 Å². The lowest BCUT2D eigenvalue weighted by Crippen LogP contribution is -2.56. The second-order valence-electron chi connectivity index (χ2n) is 29.6. The van der Waals surface area contributed by atoms with Crippen molar-refractivity contribution < 1.29 is 67.8 Å². The van der Waals surface area contributed by atoms with E-state index in [4.69, 9.17) is 23.7 Å². The number of rotatable bonds is 76. The number of carbonyl (C=O) groups excluding carboxylic acids is 5. The van der Waals surface area contributed by atoms with Crippen LogP contribution in [0, 0.1) is 11.3 Å². The van der Waals surface area contributed by atoms with Crippen molar-refractivity contribution in [2.75, 3.05) is 26.4 Å². The molecule has 0 aromatic heterocycles. The molecule has 99 heavy (non-hydrogen) atoms. The predicted octanol–water partition coefficient (Wildman–Crippen LogP) is 23.5. The Hall–Kier alpha value is -3.78. The molecule has 0 spiro atoms. The van der Waals surface area contributed by atoms with E-state index < -0.39 is 90.8 Å². The molecule has 5 atom stereocenters. The molecule has 0 radical (unpaired) electrons. The van der Waals surface area contributed by atoms with E-state index in [9.17, 15) is 44.1 Å². The summed E-state index contributed by atoms with van der Waals surface area (Å²) in [5, 5.41) is 34.1. The van der Waals surface area contributed by atoms with E-state index >= 15 is 0 Å². The summed E-state index contributed by atoms with van der Waals surface area (Å²) in [6, 6.07) is 0. The number of ether oxygens (including phenoxy) is 5. The van der Waals surface area contributed by atoms with Crippen molar-refractivity contribution >= 4 is 35.8 Å². The minimum Gasteiger partial charge on any atom is -0.481 e. The average Bonchev–Trinajstić information content (AvgIpc) is 0.803. The Morgan fingerprint density at radius 3 is 0.970 bits per heavy atom. The molecule has 0 rings (SSSR count). The van der Waals surface area contributed by atoms with Gasteiger partial charge in [-0.1, -0.05) is 341 Å². The summed E-state index contributed by atoms with van der Waals surface area (Å²) in [4.78, 5) is 82.6. The first-order valence-corrected chi connectivity index (χ1v) is 41.9. The quantitative estimate of drug-likeness (QED) is 0.0224. The number of hydrogen-bond donors (Lipinski definition) is 3. The van der Waals surface area contributed by atoms with Crippen LogP contribution < -0.4 is 0 Å². The summed E-state index contributed by atoms with van der Waals surface area (Å²) in [5.41, 5.74) is -5.22. The number of aliphatic hydroxyl groups excluding tert-OH is 1. The van der Waals surface area contributed by atoms with Crippen LogP contribution in [0.1, 0.15) is 427 Å². The van der Waals surface area contributed by atoms with E-state index in [-0.39, 0.29) is 19.8 Å². The van der Waals surface area contributed by atoms with E-state index in [1.54, 1.807) is 6.92 Å². The van der Waals surface area contributed by atoms with Gasteiger partial charge in [-0.3, -0.25) is 19.2 Å². The molecule has 0 amide bonds. The molecule has 3 N–H and O–H groups in total. The van der Waals surface area contributed by atoms with Gasteiger partial charge in [0.25, 0.3) is 0 Å². The normalized spacial score (nSPS) is 13.9. The van der Waals surface area contributed by atoms with Gasteiger partial charge in [0, 0.05) is 5.92 Å². The molecule has 14 heteroatoms. The van der Waals surface area contributed by atoms with E-state index in [1.165, 1.54) is 206 Å². The highest BCUT2D eigenvalue weighted by Gasteiger charge is 2.53. The van der Waals surface area contributed by atoms with E-state index in [1.807, 2.05) is 0 Å². The third-order valence-corrected chi connectivity index (χ3v) is 20.0. The van der Waals surface area contributed by atoms with Gasteiger partial charge in [0.15, 0.2) is 6.10 Å². The highest BCUT2D eigenvalue weighted by atomic mass is 16.6. The van der Waals surface area contributed by atoms with Gasteiger partial charge < -0.3 is 39.0 Å². The maximum Gasteiger partial charge on any atom is 0.342 e. The van der Waals surface area contributed by atoms with Crippen LogP contribution >= 0.6 is 0 Å². The van der Waals surface area contributed by atoms with Crippen LogP contribution in [0.2, 0.25) is 0 Å². The molecular formula is C85H156O14. The number of hydrogen-bond acceptors (Lipinski definition) is 13. The fourth-order valence-corrected chi connectivity index (χ4v) is 13.2. The standard InChI is InChI=1S/C85H156O14/c1-7-11-15-19-23-27-31-35-39-41-45-48-52-56-60-64-68-95-78(88)73-85(94,83(93)97-70-66-62-58-54-50-46-42-40-36-32-28-24-20-16-12-8-2)80(90)81(91)98-74-75(5)84(71-77(86)87,82(92)96-69-65-61-57-53-49-44-38-34-30-26-22-18-14-10-4)72-79(89)99-76(6)67-63-59-55-51-47-43-37-33-29-25-21-17-13-9-3/h35-36,39-40,75-76,80,90,94H,7-34,37-38,41-74H2,1-6H3,(H,86,87)/b39-35+,40-36+. The van der Waals surface area contributed by atoms with Gasteiger partial charge in [-0.2, -0.15) is 0 Å². The first-order chi connectivity index (χ1) is 48.1. The Morgan fingerprint density at radius 1 is 0.343 bits per heavy atom. The molecule has 0 fully saturated rings. The maximum atomic E-state index is 14.5. The van der Waals surface area contributed by atoms with Gasteiger partial charge >= 0.3 is 35.8 Å². The molecule has 0 heterocycles. The summed E-state index contributed by atoms with van der Waals surface area (Å²) < 4.78 is 28.2. The zero-order chi connectivity index (χ0) is 72.8. The lowest BCUT2D eigenvalue weighted by Gasteiger charge is -2.35. The molecular weight excluding hydrogens is 1240 g/mol. The largest absolute Gasteiger partial charge is 0.481 e. The van der Waals surface area contributed by atoms with Crippen molar-refractivity contribution in [2.24, 2.45) is 11.3 Å². The molecule has 14 nitrogen and oxygen atoms in total. The van der Waals surface area contributed by atoms with Crippen LogP contribution in [0.3, 0.4) is 0 Å². The lowest BCUT2D eigenvalue weighted by atomic mass is 9.71. The highest BCUT2D eigenvalue weighted by Crippen LogP contribution is 2.39. The minimum atomic E-state index is -3.12. The number of unbranched alkanes of at least 4 members (excludes halogenated alkanes) is 50. The number of carboxylic acids is 1. The van der Waals surface area contributed by atoms with Gasteiger partial charge in [-0.05, 0) is 90.4 Å².